The summed E-state index contributed by atoms with van der Waals surface area (Å²) in [5.41, 5.74) is 1.23. The van der Waals surface area contributed by atoms with Crippen molar-refractivity contribution in [2.75, 3.05) is 21.3 Å². The molecule has 4 aromatic heterocycles. The molecular formula is C30H27N5O7. The fourth-order valence-corrected chi connectivity index (χ4v) is 4.78. The van der Waals surface area contributed by atoms with E-state index in [0.717, 1.165) is 5.69 Å². The minimum Gasteiger partial charge on any atom is -0.493 e. The van der Waals surface area contributed by atoms with E-state index in [2.05, 4.69) is 19.9 Å². The van der Waals surface area contributed by atoms with Crippen LogP contribution in [0.2, 0.25) is 0 Å². The van der Waals surface area contributed by atoms with Crippen LogP contribution in [-0.2, 0) is 13.2 Å². The van der Waals surface area contributed by atoms with Gasteiger partial charge in [-0.3, -0.25) is 14.3 Å². The molecule has 0 atom stereocenters. The number of hydrogen-bond donors (Lipinski definition) is 1. The topological polar surface area (TPSA) is 148 Å². The summed E-state index contributed by atoms with van der Waals surface area (Å²) in [5.74, 6) is 0.0434. The number of aromatic nitrogens is 5. The molecule has 4 heterocycles. The van der Waals surface area contributed by atoms with E-state index in [-0.39, 0.29) is 35.7 Å². The minimum atomic E-state index is -1.31. The molecule has 0 saturated heterocycles. The van der Waals surface area contributed by atoms with E-state index in [1.54, 1.807) is 55.0 Å². The van der Waals surface area contributed by atoms with Gasteiger partial charge < -0.3 is 24.1 Å². The van der Waals surface area contributed by atoms with Gasteiger partial charge >= 0.3 is 5.97 Å². The molecule has 214 valence electrons. The van der Waals surface area contributed by atoms with Gasteiger partial charge in [0.05, 0.1) is 27.9 Å². The number of carbonyl (C=O) groups is 1. The van der Waals surface area contributed by atoms with Crippen LogP contribution in [0.3, 0.4) is 0 Å². The van der Waals surface area contributed by atoms with Crippen LogP contribution in [0.1, 0.15) is 27.6 Å². The first-order chi connectivity index (χ1) is 20.4. The number of rotatable bonds is 10. The van der Waals surface area contributed by atoms with Crippen molar-refractivity contribution < 1.29 is 28.8 Å². The second kappa shape index (κ2) is 11.9. The van der Waals surface area contributed by atoms with Gasteiger partial charge in [-0.05, 0) is 54.4 Å². The first-order valence-electron chi connectivity index (χ1n) is 12.8. The molecule has 5 aromatic rings. The summed E-state index contributed by atoms with van der Waals surface area (Å²) in [6, 6.07) is 10.0. The molecule has 0 spiro atoms. The van der Waals surface area contributed by atoms with E-state index in [0.29, 0.717) is 39.6 Å². The first-order valence-corrected chi connectivity index (χ1v) is 12.8. The lowest BCUT2D eigenvalue weighted by atomic mass is 9.96. The molecule has 0 unspecified atom stereocenters. The Morgan fingerprint density at radius 1 is 0.905 bits per heavy atom. The first kappa shape index (κ1) is 28.0. The lowest BCUT2D eigenvalue weighted by Crippen LogP contribution is -2.28. The van der Waals surface area contributed by atoms with Crippen LogP contribution in [0.25, 0.3) is 21.9 Å². The SMILES string of the molecule is COc1cc(-c2c(C(=O)O)n(Cc3ccnc(C)c3)c(=O)c3c(OCc4ncccn4)nccc23)cc(OC)c1OC. The molecule has 0 aliphatic carbocycles. The second-order valence-corrected chi connectivity index (χ2v) is 9.13. The van der Waals surface area contributed by atoms with Crippen LogP contribution in [0.5, 0.6) is 23.1 Å². The standard InChI is InChI=1S/C30H27N5O7/c1-17-12-18(6-10-31-17)15-35-26(30(37)38)24(19-13-21(39-2)27(41-4)22(14-19)40-3)20-7-11-34-28(25(20)29(35)36)42-16-23-32-8-5-9-33-23/h5-14H,15-16H2,1-4H3,(H,37,38). The monoisotopic (exact) mass is 569 g/mol. The van der Waals surface area contributed by atoms with Crippen molar-refractivity contribution in [2.45, 2.75) is 20.1 Å². The van der Waals surface area contributed by atoms with Crippen LogP contribution in [0.15, 0.2) is 66.0 Å². The predicted octanol–water partition coefficient (Wildman–Crippen LogP) is 3.91. The summed E-state index contributed by atoms with van der Waals surface area (Å²) in [7, 11) is 4.40. The fourth-order valence-electron chi connectivity index (χ4n) is 4.78. The molecule has 0 aliphatic heterocycles. The molecular weight excluding hydrogens is 542 g/mol. The molecule has 5 rings (SSSR count). The summed E-state index contributed by atoms with van der Waals surface area (Å²) in [6.45, 7) is 1.71. The number of aromatic carboxylic acids is 1. The van der Waals surface area contributed by atoms with Gasteiger partial charge in [-0.15, -0.1) is 0 Å². The maximum atomic E-state index is 14.2. The zero-order valence-corrected chi connectivity index (χ0v) is 23.3. The molecule has 12 heteroatoms. The second-order valence-electron chi connectivity index (χ2n) is 9.13. The van der Waals surface area contributed by atoms with Crippen molar-refractivity contribution >= 4 is 16.7 Å². The summed E-state index contributed by atoms with van der Waals surface area (Å²) in [6.07, 6.45) is 6.21. The van der Waals surface area contributed by atoms with Crippen LogP contribution in [0, 0.1) is 6.92 Å². The van der Waals surface area contributed by atoms with E-state index in [1.807, 2.05) is 6.92 Å². The van der Waals surface area contributed by atoms with Gasteiger partial charge in [-0.25, -0.2) is 19.7 Å². The average Bonchev–Trinajstić information content (AvgIpc) is 3.00. The van der Waals surface area contributed by atoms with Crippen molar-refractivity contribution in [3.8, 4) is 34.3 Å². The van der Waals surface area contributed by atoms with Gasteiger partial charge in [-0.1, -0.05) is 0 Å². The van der Waals surface area contributed by atoms with E-state index in [4.69, 9.17) is 18.9 Å². The summed E-state index contributed by atoms with van der Waals surface area (Å²) in [5, 5.41) is 11.0. The molecule has 42 heavy (non-hydrogen) atoms. The van der Waals surface area contributed by atoms with Crippen molar-refractivity contribution in [1.82, 2.24) is 24.5 Å². The van der Waals surface area contributed by atoms with E-state index < -0.39 is 11.5 Å². The Kier molecular flexibility index (Phi) is 7.96. The predicted molar refractivity (Wildman–Crippen MR) is 152 cm³/mol. The summed E-state index contributed by atoms with van der Waals surface area (Å²) in [4.78, 5) is 44.0. The Labute approximate surface area is 240 Å². The Hall–Kier alpha value is -5.52. The molecule has 0 radical (unpaired) electrons. The largest absolute Gasteiger partial charge is 0.493 e. The Bertz CT molecular complexity index is 1820. The highest BCUT2D eigenvalue weighted by Gasteiger charge is 2.27. The lowest BCUT2D eigenvalue weighted by molar-refractivity contribution is 0.0685. The number of fused-ring (bicyclic) bond motifs is 1. The highest BCUT2D eigenvalue weighted by atomic mass is 16.5. The van der Waals surface area contributed by atoms with Gasteiger partial charge in [0.15, 0.2) is 17.3 Å². The lowest BCUT2D eigenvalue weighted by Gasteiger charge is -2.20. The molecule has 1 aromatic carbocycles. The number of carboxylic acids is 1. The normalized spacial score (nSPS) is 10.9. The third-order valence-corrected chi connectivity index (χ3v) is 6.57. The fraction of sp³-hybridized carbons (Fsp3) is 0.200. The van der Waals surface area contributed by atoms with E-state index in [1.165, 1.54) is 32.1 Å². The van der Waals surface area contributed by atoms with Gasteiger partial charge in [0.2, 0.25) is 11.6 Å². The van der Waals surface area contributed by atoms with Gasteiger partial charge in [0.1, 0.15) is 17.7 Å². The molecule has 0 aliphatic rings. The zero-order chi connectivity index (χ0) is 29.8. The molecule has 0 amide bonds. The number of hydrogen-bond acceptors (Lipinski definition) is 10. The van der Waals surface area contributed by atoms with Crippen molar-refractivity contribution in [1.29, 1.82) is 0 Å². The number of benzene rings is 1. The molecule has 0 saturated carbocycles. The van der Waals surface area contributed by atoms with Crippen molar-refractivity contribution in [3.05, 3.63) is 94.3 Å². The Morgan fingerprint density at radius 2 is 1.60 bits per heavy atom. The number of pyridine rings is 3. The number of carboxylic acid groups (broad SMARTS) is 1. The molecule has 1 N–H and O–H groups in total. The van der Waals surface area contributed by atoms with Crippen molar-refractivity contribution in [3.63, 3.8) is 0 Å². The Morgan fingerprint density at radius 3 is 2.21 bits per heavy atom. The number of aryl methyl sites for hydroxylation is 1. The van der Waals surface area contributed by atoms with Crippen LogP contribution in [-0.4, -0.2) is 56.9 Å². The number of ether oxygens (including phenoxy) is 4. The van der Waals surface area contributed by atoms with Crippen LogP contribution >= 0.6 is 0 Å². The molecule has 12 nitrogen and oxygen atoms in total. The smallest absolute Gasteiger partial charge is 0.353 e. The summed E-state index contributed by atoms with van der Waals surface area (Å²) < 4.78 is 23.7. The highest BCUT2D eigenvalue weighted by molar-refractivity contribution is 6.07. The molecule has 0 fully saturated rings. The van der Waals surface area contributed by atoms with E-state index in [9.17, 15) is 14.7 Å². The third-order valence-electron chi connectivity index (χ3n) is 6.57. The van der Waals surface area contributed by atoms with Crippen LogP contribution in [0.4, 0.5) is 0 Å². The summed E-state index contributed by atoms with van der Waals surface area (Å²) >= 11 is 0. The number of nitrogens with zero attached hydrogens (tertiary/aromatic N) is 5. The van der Waals surface area contributed by atoms with E-state index >= 15 is 0 Å². The third kappa shape index (κ3) is 5.29. The van der Waals surface area contributed by atoms with Crippen LogP contribution < -0.4 is 24.5 Å². The maximum Gasteiger partial charge on any atom is 0.353 e. The molecule has 0 bridgehead atoms. The minimum absolute atomic E-state index is 0.00948. The van der Waals surface area contributed by atoms with Gasteiger partial charge in [-0.2, -0.15) is 0 Å². The van der Waals surface area contributed by atoms with Gasteiger partial charge in [0, 0.05) is 41.4 Å². The number of methoxy groups -OCH3 is 3. The van der Waals surface area contributed by atoms with Gasteiger partial charge in [0.25, 0.3) is 5.56 Å². The maximum absolute atomic E-state index is 14.2. The zero-order valence-electron chi connectivity index (χ0n) is 23.3. The Balaban J connectivity index is 1.85. The van der Waals surface area contributed by atoms with Crippen molar-refractivity contribution in [2.24, 2.45) is 0 Å². The highest BCUT2D eigenvalue weighted by Crippen LogP contribution is 2.44. The quantitative estimate of drug-likeness (QED) is 0.261. The average molecular weight is 570 g/mol.